The Hall–Kier alpha value is -0.890. The third-order valence-electron chi connectivity index (χ3n) is 4.89. The first-order valence-corrected chi connectivity index (χ1v) is 11.0. The van der Waals surface area contributed by atoms with Crippen LogP contribution in [0.15, 0.2) is 29.2 Å². The van der Waals surface area contributed by atoms with Gasteiger partial charge in [0, 0.05) is 37.2 Å². The highest BCUT2D eigenvalue weighted by Crippen LogP contribution is 2.21. The maximum Gasteiger partial charge on any atom is 0.243 e. The van der Waals surface area contributed by atoms with Crippen LogP contribution in [0.5, 0.6) is 0 Å². The highest BCUT2D eigenvalue weighted by atomic mass is 35.5. The van der Waals surface area contributed by atoms with E-state index in [1.165, 1.54) is 42.5 Å². The van der Waals surface area contributed by atoms with Crippen molar-refractivity contribution in [3.63, 3.8) is 0 Å². The van der Waals surface area contributed by atoms with E-state index in [1.807, 2.05) is 0 Å². The van der Waals surface area contributed by atoms with E-state index in [2.05, 4.69) is 10.2 Å². The molecule has 1 heterocycles. The molecule has 8 heteroatoms. The zero-order valence-electron chi connectivity index (χ0n) is 14.2. The molecule has 0 aromatic heterocycles. The zero-order valence-corrected chi connectivity index (χ0v) is 16.5. The van der Waals surface area contributed by atoms with Crippen molar-refractivity contribution < 1.29 is 8.42 Å². The Bertz CT molecular complexity index is 712. The zero-order chi connectivity index (χ0) is 17.9. The second-order valence-corrected chi connectivity index (χ2v) is 9.39. The minimum atomic E-state index is -3.50. The van der Waals surface area contributed by atoms with Crippen LogP contribution in [0.2, 0.25) is 5.02 Å². The van der Waals surface area contributed by atoms with Gasteiger partial charge in [-0.1, -0.05) is 36.9 Å². The lowest BCUT2D eigenvalue weighted by atomic mass is 9.96. The van der Waals surface area contributed by atoms with E-state index in [4.69, 9.17) is 23.8 Å². The Morgan fingerprint density at radius 2 is 1.80 bits per heavy atom. The van der Waals surface area contributed by atoms with Crippen LogP contribution in [0.25, 0.3) is 0 Å². The van der Waals surface area contributed by atoms with E-state index >= 15 is 0 Å². The van der Waals surface area contributed by atoms with Crippen LogP contribution < -0.4 is 5.32 Å². The predicted molar refractivity (Wildman–Crippen MR) is 104 cm³/mol. The van der Waals surface area contributed by atoms with Gasteiger partial charge in [0.25, 0.3) is 0 Å². The van der Waals surface area contributed by atoms with Gasteiger partial charge in [0.1, 0.15) is 0 Å². The largest absolute Gasteiger partial charge is 0.360 e. The van der Waals surface area contributed by atoms with Crippen molar-refractivity contribution in [3.8, 4) is 0 Å². The number of benzene rings is 1. The molecule has 1 saturated heterocycles. The molecule has 0 unspecified atom stereocenters. The second-order valence-electron chi connectivity index (χ2n) is 6.63. The minimum absolute atomic E-state index is 0.247. The number of hydrogen-bond donors (Lipinski definition) is 1. The molecule has 0 bridgehead atoms. The Labute approximate surface area is 160 Å². The van der Waals surface area contributed by atoms with Gasteiger partial charge in [0.05, 0.1) is 4.90 Å². The standard InChI is InChI=1S/C17H24ClN3O2S2/c18-14-5-4-8-16(13-14)25(22,23)21-11-9-20(10-12-21)17(24)19-15-6-2-1-3-7-15/h4-5,8,13,15H,1-3,6-7,9-12H2,(H,19,24). The van der Waals surface area contributed by atoms with E-state index in [0.717, 1.165) is 5.11 Å². The number of sulfonamides is 1. The normalized spacial score (nSPS) is 20.4. The van der Waals surface area contributed by atoms with Gasteiger partial charge < -0.3 is 10.2 Å². The Kier molecular flexibility index (Phi) is 6.20. The van der Waals surface area contributed by atoms with E-state index in [0.29, 0.717) is 37.2 Å². The SMILES string of the molecule is O=S(=O)(c1cccc(Cl)c1)N1CCN(C(=S)NC2CCCCC2)CC1. The number of thiocarbonyl (C=S) groups is 1. The molecule has 138 valence electrons. The van der Waals surface area contributed by atoms with Crippen LogP contribution in [0.1, 0.15) is 32.1 Å². The van der Waals surface area contributed by atoms with Crippen LogP contribution in [-0.2, 0) is 10.0 Å². The van der Waals surface area contributed by atoms with Crippen molar-refractivity contribution in [2.45, 2.75) is 43.0 Å². The molecule has 5 nitrogen and oxygen atoms in total. The summed E-state index contributed by atoms with van der Waals surface area (Å²) in [6.45, 7) is 2.08. The fraction of sp³-hybridized carbons (Fsp3) is 0.588. The van der Waals surface area contributed by atoms with Gasteiger partial charge in [0.15, 0.2) is 5.11 Å². The molecule has 1 aromatic carbocycles. The molecule has 1 N–H and O–H groups in total. The van der Waals surface area contributed by atoms with Crippen molar-refractivity contribution in [1.29, 1.82) is 0 Å². The third-order valence-corrected chi connectivity index (χ3v) is 7.40. The lowest BCUT2D eigenvalue weighted by molar-refractivity contribution is 0.259. The average molecular weight is 402 g/mol. The van der Waals surface area contributed by atoms with Crippen LogP contribution >= 0.6 is 23.8 Å². The van der Waals surface area contributed by atoms with E-state index in [9.17, 15) is 8.42 Å². The lowest BCUT2D eigenvalue weighted by Gasteiger charge is -2.37. The monoisotopic (exact) mass is 401 g/mol. The summed E-state index contributed by atoms with van der Waals surface area (Å²) in [7, 11) is -3.50. The van der Waals surface area contributed by atoms with Crippen molar-refractivity contribution >= 4 is 39.0 Å². The quantitative estimate of drug-likeness (QED) is 0.789. The first-order chi connectivity index (χ1) is 12.0. The summed E-state index contributed by atoms with van der Waals surface area (Å²) in [5.74, 6) is 0. The van der Waals surface area contributed by atoms with Crippen molar-refractivity contribution in [3.05, 3.63) is 29.3 Å². The van der Waals surface area contributed by atoms with Crippen LogP contribution in [-0.4, -0.2) is 55.0 Å². The van der Waals surface area contributed by atoms with Crippen molar-refractivity contribution in [2.24, 2.45) is 0 Å². The first-order valence-electron chi connectivity index (χ1n) is 8.78. The summed E-state index contributed by atoms with van der Waals surface area (Å²) in [4.78, 5) is 2.32. The van der Waals surface area contributed by atoms with Crippen molar-refractivity contribution in [2.75, 3.05) is 26.2 Å². The number of halogens is 1. The summed E-state index contributed by atoms with van der Waals surface area (Å²) in [5, 5.41) is 4.64. The highest BCUT2D eigenvalue weighted by molar-refractivity contribution is 7.89. The van der Waals surface area contributed by atoms with Gasteiger partial charge >= 0.3 is 0 Å². The Balaban J connectivity index is 1.56. The third kappa shape index (κ3) is 4.64. The van der Waals surface area contributed by atoms with Gasteiger partial charge in [-0.05, 0) is 43.3 Å². The lowest BCUT2D eigenvalue weighted by Crippen LogP contribution is -2.54. The molecule has 1 saturated carbocycles. The topological polar surface area (TPSA) is 52.7 Å². The summed E-state index contributed by atoms with van der Waals surface area (Å²) in [5.41, 5.74) is 0. The van der Waals surface area contributed by atoms with Crippen molar-refractivity contribution in [1.82, 2.24) is 14.5 Å². The summed E-state index contributed by atoms with van der Waals surface area (Å²) in [6, 6.07) is 6.89. The Morgan fingerprint density at radius 3 is 2.44 bits per heavy atom. The first kappa shape index (κ1) is 18.9. The average Bonchev–Trinajstić information content (AvgIpc) is 2.62. The van der Waals surface area contributed by atoms with E-state index in [1.54, 1.807) is 18.2 Å². The summed E-state index contributed by atoms with van der Waals surface area (Å²) < 4.78 is 27.0. The molecule has 1 aliphatic carbocycles. The van der Waals surface area contributed by atoms with E-state index < -0.39 is 10.0 Å². The fourth-order valence-corrected chi connectivity index (χ4v) is 5.49. The van der Waals surface area contributed by atoms with Gasteiger partial charge in [-0.25, -0.2) is 8.42 Å². The molecule has 3 rings (SSSR count). The van der Waals surface area contributed by atoms with Crippen LogP contribution in [0.4, 0.5) is 0 Å². The molecule has 2 aliphatic rings. The number of rotatable bonds is 3. The molecular weight excluding hydrogens is 378 g/mol. The second kappa shape index (κ2) is 8.20. The molecule has 0 spiro atoms. The minimum Gasteiger partial charge on any atom is -0.360 e. The molecule has 1 aliphatic heterocycles. The van der Waals surface area contributed by atoms with Gasteiger partial charge in [0.2, 0.25) is 10.0 Å². The number of nitrogens with one attached hydrogen (secondary N) is 1. The molecular formula is C17H24ClN3O2S2. The molecule has 0 amide bonds. The maximum atomic E-state index is 12.7. The van der Waals surface area contributed by atoms with E-state index in [-0.39, 0.29) is 4.90 Å². The van der Waals surface area contributed by atoms with Gasteiger partial charge in [-0.15, -0.1) is 0 Å². The smallest absolute Gasteiger partial charge is 0.243 e. The summed E-state index contributed by atoms with van der Waals surface area (Å²) in [6.07, 6.45) is 6.16. The number of nitrogens with zero attached hydrogens (tertiary/aromatic N) is 2. The van der Waals surface area contributed by atoms with Gasteiger partial charge in [-0.2, -0.15) is 4.31 Å². The summed E-state index contributed by atoms with van der Waals surface area (Å²) >= 11 is 11.5. The highest BCUT2D eigenvalue weighted by Gasteiger charge is 2.29. The van der Waals surface area contributed by atoms with Crippen LogP contribution in [0, 0.1) is 0 Å². The molecule has 1 aromatic rings. The maximum absolute atomic E-state index is 12.7. The van der Waals surface area contributed by atoms with Gasteiger partial charge in [-0.3, -0.25) is 0 Å². The molecule has 25 heavy (non-hydrogen) atoms. The number of piperazine rings is 1. The predicted octanol–water partition coefficient (Wildman–Crippen LogP) is 2.85. The Morgan fingerprint density at radius 1 is 1.12 bits per heavy atom. The fourth-order valence-electron chi connectivity index (χ4n) is 3.42. The number of hydrogen-bond acceptors (Lipinski definition) is 3. The molecule has 0 atom stereocenters. The molecule has 2 fully saturated rings. The molecule has 0 radical (unpaired) electrons. The van der Waals surface area contributed by atoms with Crippen LogP contribution in [0.3, 0.4) is 0 Å².